The Labute approximate surface area is 141 Å². The molecule has 1 unspecified atom stereocenters. The number of aromatic nitrogens is 3. The van der Waals surface area contributed by atoms with Crippen molar-refractivity contribution in [3.05, 3.63) is 54.2 Å². The van der Waals surface area contributed by atoms with Crippen LogP contribution in [0.5, 0.6) is 5.75 Å². The van der Waals surface area contributed by atoms with Gasteiger partial charge in [0.2, 0.25) is 0 Å². The second kappa shape index (κ2) is 6.54. The van der Waals surface area contributed by atoms with E-state index >= 15 is 0 Å². The Morgan fingerprint density at radius 1 is 1.04 bits per heavy atom. The molecule has 3 aromatic rings. The SMILES string of the molecule is Cc1nccnc1C(C)Nc1ccnc2cc(OC(F)(F)F)ccc12. The number of nitrogens with one attached hydrogen (secondary N) is 1. The molecule has 2 aromatic heterocycles. The molecule has 130 valence electrons. The lowest BCUT2D eigenvalue weighted by molar-refractivity contribution is -0.274. The van der Waals surface area contributed by atoms with Crippen molar-refractivity contribution in [1.29, 1.82) is 0 Å². The second-order valence-corrected chi connectivity index (χ2v) is 5.48. The van der Waals surface area contributed by atoms with Gasteiger partial charge in [-0.15, -0.1) is 13.2 Å². The van der Waals surface area contributed by atoms with E-state index < -0.39 is 6.36 Å². The van der Waals surface area contributed by atoms with Gasteiger partial charge >= 0.3 is 6.36 Å². The van der Waals surface area contributed by atoms with E-state index in [0.717, 1.165) is 17.1 Å². The normalized spacial score (nSPS) is 12.8. The van der Waals surface area contributed by atoms with Crippen LogP contribution in [0, 0.1) is 6.92 Å². The molecule has 0 bridgehead atoms. The van der Waals surface area contributed by atoms with Gasteiger partial charge in [-0.2, -0.15) is 0 Å². The number of hydrogen-bond donors (Lipinski definition) is 1. The Balaban J connectivity index is 1.91. The van der Waals surface area contributed by atoms with Gasteiger partial charge in [-0.05, 0) is 32.0 Å². The summed E-state index contributed by atoms with van der Waals surface area (Å²) in [6.07, 6.45) is 0.0291. The first-order valence-corrected chi connectivity index (χ1v) is 7.52. The molecule has 0 radical (unpaired) electrons. The van der Waals surface area contributed by atoms with Crippen LogP contribution in [-0.2, 0) is 0 Å². The van der Waals surface area contributed by atoms with Gasteiger partial charge in [-0.1, -0.05) is 0 Å². The van der Waals surface area contributed by atoms with E-state index in [4.69, 9.17) is 0 Å². The Bertz CT molecular complexity index is 898. The van der Waals surface area contributed by atoms with Crippen LogP contribution >= 0.6 is 0 Å². The molecular weight excluding hydrogens is 333 g/mol. The summed E-state index contributed by atoms with van der Waals surface area (Å²) in [5.41, 5.74) is 2.74. The maximum Gasteiger partial charge on any atom is 0.573 e. The zero-order valence-electron chi connectivity index (χ0n) is 13.5. The first-order valence-electron chi connectivity index (χ1n) is 7.52. The molecule has 0 amide bonds. The number of fused-ring (bicyclic) bond motifs is 1. The highest BCUT2D eigenvalue weighted by Gasteiger charge is 2.31. The third-order valence-electron chi connectivity index (χ3n) is 3.65. The summed E-state index contributed by atoms with van der Waals surface area (Å²) in [6.45, 7) is 3.80. The van der Waals surface area contributed by atoms with Crippen molar-refractivity contribution >= 4 is 16.6 Å². The van der Waals surface area contributed by atoms with E-state index in [1.807, 2.05) is 13.8 Å². The van der Waals surface area contributed by atoms with Crippen molar-refractivity contribution in [2.24, 2.45) is 0 Å². The number of halogens is 3. The number of nitrogens with zero attached hydrogens (tertiary/aromatic N) is 3. The lowest BCUT2D eigenvalue weighted by Crippen LogP contribution is -2.17. The smallest absolute Gasteiger partial charge is 0.406 e. The van der Waals surface area contributed by atoms with Crippen molar-refractivity contribution in [3.63, 3.8) is 0 Å². The minimum atomic E-state index is -4.73. The van der Waals surface area contributed by atoms with Crippen LogP contribution in [0.3, 0.4) is 0 Å². The van der Waals surface area contributed by atoms with E-state index in [9.17, 15) is 13.2 Å². The standard InChI is InChI=1S/C17H15F3N4O/c1-10-16(23-8-7-21-10)11(2)24-14-5-6-22-15-9-12(3-4-13(14)15)25-17(18,19)20/h3-9,11H,1-2H3,(H,22,24). The molecule has 25 heavy (non-hydrogen) atoms. The fourth-order valence-electron chi connectivity index (χ4n) is 2.60. The highest BCUT2D eigenvalue weighted by molar-refractivity contribution is 5.92. The third-order valence-corrected chi connectivity index (χ3v) is 3.65. The Morgan fingerprint density at radius 3 is 2.52 bits per heavy atom. The van der Waals surface area contributed by atoms with Crippen molar-refractivity contribution in [2.45, 2.75) is 26.3 Å². The Hall–Kier alpha value is -2.90. The zero-order valence-corrected chi connectivity index (χ0v) is 13.5. The molecule has 0 aliphatic heterocycles. The van der Waals surface area contributed by atoms with E-state index in [-0.39, 0.29) is 11.8 Å². The average molecular weight is 348 g/mol. The number of ether oxygens (including phenoxy) is 1. The van der Waals surface area contributed by atoms with Gasteiger partial charge in [0.05, 0.1) is 22.9 Å². The number of pyridine rings is 1. The van der Waals surface area contributed by atoms with E-state index in [1.165, 1.54) is 18.3 Å². The monoisotopic (exact) mass is 348 g/mol. The summed E-state index contributed by atoms with van der Waals surface area (Å²) in [6, 6.07) is 5.69. The zero-order chi connectivity index (χ0) is 18.0. The van der Waals surface area contributed by atoms with Crippen LogP contribution in [0.4, 0.5) is 18.9 Å². The Morgan fingerprint density at radius 2 is 1.80 bits per heavy atom. The fraction of sp³-hybridized carbons (Fsp3) is 0.235. The first kappa shape index (κ1) is 16.9. The maximum atomic E-state index is 12.4. The molecule has 0 saturated carbocycles. The molecule has 1 N–H and O–H groups in total. The molecule has 0 saturated heterocycles. The molecule has 1 atom stereocenters. The molecule has 2 heterocycles. The number of alkyl halides is 3. The van der Waals surface area contributed by atoms with Crippen LogP contribution in [0.25, 0.3) is 10.9 Å². The minimum Gasteiger partial charge on any atom is -0.406 e. The topological polar surface area (TPSA) is 59.9 Å². The van der Waals surface area contributed by atoms with E-state index in [2.05, 4.69) is 25.0 Å². The van der Waals surface area contributed by atoms with Gasteiger partial charge in [-0.25, -0.2) is 0 Å². The molecule has 0 fully saturated rings. The number of anilines is 1. The summed E-state index contributed by atoms with van der Waals surface area (Å²) in [5, 5.41) is 3.99. The highest BCUT2D eigenvalue weighted by atomic mass is 19.4. The van der Waals surface area contributed by atoms with Gasteiger partial charge in [0.15, 0.2) is 0 Å². The minimum absolute atomic E-state index is 0.134. The van der Waals surface area contributed by atoms with Crippen molar-refractivity contribution < 1.29 is 17.9 Å². The summed E-state index contributed by atoms with van der Waals surface area (Å²) < 4.78 is 41.0. The molecule has 5 nitrogen and oxygen atoms in total. The number of benzene rings is 1. The van der Waals surface area contributed by atoms with Gasteiger partial charge in [-0.3, -0.25) is 15.0 Å². The predicted octanol–water partition coefficient (Wildman–Crippen LogP) is 4.40. The lowest BCUT2D eigenvalue weighted by atomic mass is 10.1. The average Bonchev–Trinajstić information content (AvgIpc) is 2.53. The maximum absolute atomic E-state index is 12.4. The van der Waals surface area contributed by atoms with Crippen molar-refractivity contribution in [3.8, 4) is 5.75 Å². The summed E-state index contributed by atoms with van der Waals surface area (Å²) >= 11 is 0. The molecule has 0 spiro atoms. The predicted molar refractivity (Wildman–Crippen MR) is 87.2 cm³/mol. The molecule has 0 aliphatic carbocycles. The van der Waals surface area contributed by atoms with Gasteiger partial charge in [0, 0.05) is 35.7 Å². The van der Waals surface area contributed by atoms with Gasteiger partial charge < -0.3 is 10.1 Å². The number of aryl methyl sites for hydroxylation is 1. The quantitative estimate of drug-likeness (QED) is 0.757. The van der Waals surface area contributed by atoms with E-state index in [0.29, 0.717) is 10.9 Å². The summed E-state index contributed by atoms with van der Waals surface area (Å²) in [4.78, 5) is 12.6. The van der Waals surface area contributed by atoms with Crippen LogP contribution in [0.2, 0.25) is 0 Å². The largest absolute Gasteiger partial charge is 0.573 e. The van der Waals surface area contributed by atoms with Crippen LogP contribution in [0.1, 0.15) is 24.4 Å². The number of hydrogen-bond acceptors (Lipinski definition) is 5. The van der Waals surface area contributed by atoms with Crippen molar-refractivity contribution in [2.75, 3.05) is 5.32 Å². The molecule has 8 heteroatoms. The fourth-order valence-corrected chi connectivity index (χ4v) is 2.60. The number of rotatable bonds is 4. The summed E-state index contributed by atoms with van der Waals surface area (Å²) in [7, 11) is 0. The van der Waals surface area contributed by atoms with Crippen LogP contribution in [0.15, 0.2) is 42.9 Å². The van der Waals surface area contributed by atoms with Crippen LogP contribution in [-0.4, -0.2) is 21.3 Å². The third kappa shape index (κ3) is 3.96. The summed E-state index contributed by atoms with van der Waals surface area (Å²) in [5.74, 6) is -0.303. The molecule has 3 rings (SSSR count). The molecular formula is C17H15F3N4O. The van der Waals surface area contributed by atoms with Gasteiger partial charge in [0.25, 0.3) is 0 Å². The lowest BCUT2D eigenvalue weighted by Gasteiger charge is -2.17. The molecule has 0 aliphatic rings. The van der Waals surface area contributed by atoms with E-state index in [1.54, 1.807) is 24.5 Å². The second-order valence-electron chi connectivity index (χ2n) is 5.48. The first-order chi connectivity index (χ1) is 11.8. The highest BCUT2D eigenvalue weighted by Crippen LogP contribution is 2.30. The van der Waals surface area contributed by atoms with Crippen molar-refractivity contribution in [1.82, 2.24) is 15.0 Å². The Kier molecular flexibility index (Phi) is 4.43. The van der Waals surface area contributed by atoms with Crippen LogP contribution < -0.4 is 10.1 Å². The molecule has 1 aromatic carbocycles. The van der Waals surface area contributed by atoms with Gasteiger partial charge in [0.1, 0.15) is 5.75 Å².